The van der Waals surface area contributed by atoms with Gasteiger partial charge in [-0.1, -0.05) is 17.7 Å². The summed E-state index contributed by atoms with van der Waals surface area (Å²) in [6.07, 6.45) is 0. The number of nitrogens with one attached hydrogen (secondary N) is 1. The van der Waals surface area contributed by atoms with Crippen LogP contribution in [0.5, 0.6) is 0 Å². The first kappa shape index (κ1) is 13.0. The van der Waals surface area contributed by atoms with E-state index in [-0.39, 0.29) is 11.3 Å². The molecule has 0 fully saturated rings. The zero-order valence-electron chi connectivity index (χ0n) is 10.2. The maximum atomic E-state index is 13.5. The molecule has 0 spiro atoms. The van der Waals surface area contributed by atoms with Gasteiger partial charge in [0.25, 0.3) is 5.91 Å². The van der Waals surface area contributed by atoms with Crippen molar-refractivity contribution in [1.82, 2.24) is 0 Å². The minimum atomic E-state index is -0.948. The van der Waals surface area contributed by atoms with Gasteiger partial charge in [0.05, 0.1) is 11.3 Å². The Balaban J connectivity index is 2.25. The van der Waals surface area contributed by atoms with Crippen LogP contribution in [0.3, 0.4) is 0 Å². The Hall–Kier alpha value is -2.43. The van der Waals surface area contributed by atoms with Gasteiger partial charge in [0.2, 0.25) is 0 Å². The number of hydrogen-bond donors (Lipinski definition) is 2. The number of halogens is 2. The van der Waals surface area contributed by atoms with Crippen LogP contribution in [-0.2, 0) is 0 Å². The maximum absolute atomic E-state index is 13.5. The first-order valence-electron chi connectivity index (χ1n) is 5.60. The SMILES string of the molecule is Cc1ccc(NC(=O)c2cc(N)c(F)cc2F)cc1. The predicted octanol–water partition coefficient (Wildman–Crippen LogP) is 3.11. The van der Waals surface area contributed by atoms with Gasteiger partial charge in [-0.25, -0.2) is 8.78 Å². The van der Waals surface area contributed by atoms with E-state index in [2.05, 4.69) is 5.32 Å². The van der Waals surface area contributed by atoms with Gasteiger partial charge in [-0.3, -0.25) is 4.79 Å². The van der Waals surface area contributed by atoms with E-state index < -0.39 is 17.5 Å². The van der Waals surface area contributed by atoms with Crippen LogP contribution in [0.25, 0.3) is 0 Å². The van der Waals surface area contributed by atoms with Gasteiger partial charge in [0, 0.05) is 11.8 Å². The molecule has 0 aliphatic heterocycles. The smallest absolute Gasteiger partial charge is 0.258 e. The summed E-state index contributed by atoms with van der Waals surface area (Å²) < 4.78 is 26.5. The lowest BCUT2D eigenvalue weighted by Gasteiger charge is -2.07. The molecule has 0 bridgehead atoms. The van der Waals surface area contributed by atoms with Gasteiger partial charge < -0.3 is 11.1 Å². The molecule has 3 N–H and O–H groups in total. The van der Waals surface area contributed by atoms with E-state index in [4.69, 9.17) is 5.73 Å². The first-order valence-corrected chi connectivity index (χ1v) is 5.60. The van der Waals surface area contributed by atoms with Crippen molar-refractivity contribution in [2.75, 3.05) is 11.1 Å². The number of anilines is 2. The monoisotopic (exact) mass is 262 g/mol. The molecule has 19 heavy (non-hydrogen) atoms. The Morgan fingerprint density at radius 1 is 1.11 bits per heavy atom. The second kappa shape index (κ2) is 5.06. The van der Waals surface area contributed by atoms with E-state index in [0.29, 0.717) is 11.8 Å². The van der Waals surface area contributed by atoms with Gasteiger partial charge in [-0.2, -0.15) is 0 Å². The lowest BCUT2D eigenvalue weighted by atomic mass is 10.1. The van der Waals surface area contributed by atoms with Crippen LogP contribution in [0.1, 0.15) is 15.9 Å². The number of nitrogen functional groups attached to an aromatic ring is 1. The quantitative estimate of drug-likeness (QED) is 0.817. The van der Waals surface area contributed by atoms with Gasteiger partial charge >= 0.3 is 0 Å². The fraction of sp³-hybridized carbons (Fsp3) is 0.0714. The standard InChI is InChI=1S/C14H12F2N2O/c1-8-2-4-9(5-3-8)18-14(19)10-6-13(17)12(16)7-11(10)15/h2-7H,17H2,1H3,(H,18,19). The number of carbonyl (C=O) groups is 1. The van der Waals surface area contributed by atoms with Crippen molar-refractivity contribution in [2.24, 2.45) is 0 Å². The van der Waals surface area contributed by atoms with Crippen molar-refractivity contribution in [2.45, 2.75) is 6.92 Å². The van der Waals surface area contributed by atoms with E-state index in [1.54, 1.807) is 12.1 Å². The summed E-state index contributed by atoms with van der Waals surface area (Å²) >= 11 is 0. The number of amides is 1. The molecule has 98 valence electrons. The normalized spacial score (nSPS) is 10.3. The van der Waals surface area contributed by atoms with Crippen molar-refractivity contribution in [3.8, 4) is 0 Å². The Morgan fingerprint density at radius 2 is 1.74 bits per heavy atom. The molecule has 2 aromatic rings. The molecule has 0 aliphatic carbocycles. The number of hydrogen-bond acceptors (Lipinski definition) is 2. The molecule has 0 aliphatic rings. The summed E-state index contributed by atoms with van der Waals surface area (Å²) in [6.45, 7) is 1.91. The summed E-state index contributed by atoms with van der Waals surface area (Å²) in [6, 6.07) is 8.58. The molecule has 5 heteroatoms. The van der Waals surface area contributed by atoms with Crippen LogP contribution < -0.4 is 11.1 Å². The zero-order chi connectivity index (χ0) is 14.0. The van der Waals surface area contributed by atoms with E-state index in [0.717, 1.165) is 11.6 Å². The summed E-state index contributed by atoms with van der Waals surface area (Å²) in [5.74, 6) is -2.51. The number of nitrogens with two attached hydrogens (primary N) is 1. The minimum Gasteiger partial charge on any atom is -0.396 e. The second-order valence-electron chi connectivity index (χ2n) is 4.17. The van der Waals surface area contributed by atoms with Crippen LogP contribution in [0, 0.1) is 18.6 Å². The van der Waals surface area contributed by atoms with Crippen molar-refractivity contribution in [1.29, 1.82) is 0 Å². The molecule has 3 nitrogen and oxygen atoms in total. The van der Waals surface area contributed by atoms with Crippen LogP contribution >= 0.6 is 0 Å². The largest absolute Gasteiger partial charge is 0.396 e. The van der Waals surface area contributed by atoms with Crippen molar-refractivity contribution < 1.29 is 13.6 Å². The highest BCUT2D eigenvalue weighted by atomic mass is 19.1. The molecule has 0 unspecified atom stereocenters. The molecular weight excluding hydrogens is 250 g/mol. The van der Waals surface area contributed by atoms with Crippen molar-refractivity contribution in [3.05, 3.63) is 59.2 Å². The maximum Gasteiger partial charge on any atom is 0.258 e. The van der Waals surface area contributed by atoms with Crippen LogP contribution in [0.2, 0.25) is 0 Å². The Kier molecular flexibility index (Phi) is 3.46. The molecule has 0 aromatic heterocycles. The highest BCUT2D eigenvalue weighted by molar-refractivity contribution is 6.05. The lowest BCUT2D eigenvalue weighted by Crippen LogP contribution is -2.14. The third-order valence-corrected chi connectivity index (χ3v) is 2.64. The summed E-state index contributed by atoms with van der Waals surface area (Å²) in [4.78, 5) is 11.9. The van der Waals surface area contributed by atoms with E-state index in [1.165, 1.54) is 0 Å². The van der Waals surface area contributed by atoms with Gasteiger partial charge in [-0.15, -0.1) is 0 Å². The van der Waals surface area contributed by atoms with Crippen LogP contribution in [-0.4, -0.2) is 5.91 Å². The zero-order valence-corrected chi connectivity index (χ0v) is 10.2. The Morgan fingerprint density at radius 3 is 2.37 bits per heavy atom. The molecule has 0 saturated heterocycles. The Bertz CT molecular complexity index is 624. The first-order chi connectivity index (χ1) is 8.97. The fourth-order valence-corrected chi connectivity index (χ4v) is 1.58. The van der Waals surface area contributed by atoms with E-state index in [1.807, 2.05) is 19.1 Å². The molecule has 0 heterocycles. The summed E-state index contributed by atoms with van der Waals surface area (Å²) in [5, 5.41) is 2.52. The number of carbonyl (C=O) groups excluding carboxylic acids is 1. The van der Waals surface area contributed by atoms with Crippen LogP contribution in [0.15, 0.2) is 36.4 Å². The molecule has 1 amide bonds. The molecule has 0 saturated carbocycles. The third-order valence-electron chi connectivity index (χ3n) is 2.64. The summed E-state index contributed by atoms with van der Waals surface area (Å²) in [5.41, 5.74) is 6.32. The highest BCUT2D eigenvalue weighted by Gasteiger charge is 2.15. The molecular formula is C14H12F2N2O. The molecule has 2 rings (SSSR count). The number of rotatable bonds is 2. The van der Waals surface area contributed by atoms with E-state index >= 15 is 0 Å². The molecule has 2 aromatic carbocycles. The van der Waals surface area contributed by atoms with Crippen LogP contribution in [0.4, 0.5) is 20.2 Å². The molecule has 0 atom stereocenters. The average molecular weight is 262 g/mol. The van der Waals surface area contributed by atoms with Gasteiger partial charge in [0.15, 0.2) is 0 Å². The average Bonchev–Trinajstić information content (AvgIpc) is 2.36. The predicted molar refractivity (Wildman–Crippen MR) is 69.9 cm³/mol. The van der Waals surface area contributed by atoms with Gasteiger partial charge in [0.1, 0.15) is 11.6 Å². The number of benzene rings is 2. The van der Waals surface area contributed by atoms with Crippen molar-refractivity contribution >= 4 is 17.3 Å². The number of aryl methyl sites for hydroxylation is 1. The second-order valence-corrected chi connectivity index (χ2v) is 4.17. The third kappa shape index (κ3) is 2.88. The van der Waals surface area contributed by atoms with E-state index in [9.17, 15) is 13.6 Å². The van der Waals surface area contributed by atoms with Crippen molar-refractivity contribution in [3.63, 3.8) is 0 Å². The topological polar surface area (TPSA) is 55.1 Å². The van der Waals surface area contributed by atoms with Gasteiger partial charge in [-0.05, 0) is 25.1 Å². The molecule has 0 radical (unpaired) electrons. The Labute approximate surface area is 109 Å². The summed E-state index contributed by atoms with van der Waals surface area (Å²) in [7, 11) is 0. The minimum absolute atomic E-state index is 0.268. The fourth-order valence-electron chi connectivity index (χ4n) is 1.58. The lowest BCUT2D eigenvalue weighted by molar-refractivity contribution is 0.102. The highest BCUT2D eigenvalue weighted by Crippen LogP contribution is 2.18.